The molecule has 0 bridgehead atoms. The fourth-order valence-corrected chi connectivity index (χ4v) is 2.77. The van der Waals surface area contributed by atoms with E-state index in [0.29, 0.717) is 31.1 Å². The van der Waals surface area contributed by atoms with Gasteiger partial charge in [0.1, 0.15) is 12.4 Å². The van der Waals surface area contributed by atoms with E-state index in [1.807, 2.05) is 13.8 Å². The summed E-state index contributed by atoms with van der Waals surface area (Å²) in [6.07, 6.45) is 1.97. The molecule has 1 aromatic carbocycles. The Bertz CT molecular complexity index is 601. The van der Waals surface area contributed by atoms with Crippen LogP contribution in [0.4, 0.5) is 0 Å². The minimum absolute atomic E-state index is 0.0452. The molecule has 0 aromatic heterocycles. The third-order valence-electron chi connectivity index (χ3n) is 4.57. The van der Waals surface area contributed by atoms with Crippen molar-refractivity contribution in [2.24, 2.45) is 4.99 Å². The summed E-state index contributed by atoms with van der Waals surface area (Å²) in [7, 11) is 1.59. The van der Waals surface area contributed by atoms with E-state index in [4.69, 9.17) is 14.2 Å². The van der Waals surface area contributed by atoms with Crippen molar-refractivity contribution >= 4 is 11.9 Å². The second kappa shape index (κ2) is 14.8. The number of carbonyl (C=O) groups is 1. The summed E-state index contributed by atoms with van der Waals surface area (Å²) in [5.41, 5.74) is 0.515. The lowest BCUT2D eigenvalue weighted by Crippen LogP contribution is -2.34. The molecule has 0 unspecified atom stereocenters. The standard InChI is InChI=1S/C22H37N3O4/c1-6-25(7-2)15-9-10-18(4)23-22(29-17-16-28-8-3)24-21(26)19-11-13-20(27-5)14-12-19/h11-14,18H,6-10,15-17H2,1-5H3,(H,23,24,26)/t18-/m1/s1. The van der Waals surface area contributed by atoms with Gasteiger partial charge in [0, 0.05) is 12.2 Å². The molecule has 7 nitrogen and oxygen atoms in total. The third kappa shape index (κ3) is 10.3. The Balaban J connectivity index is 2.69. The van der Waals surface area contributed by atoms with Gasteiger partial charge in [0.05, 0.1) is 19.8 Å². The van der Waals surface area contributed by atoms with Crippen molar-refractivity contribution in [3.05, 3.63) is 29.8 Å². The van der Waals surface area contributed by atoms with Gasteiger partial charge in [-0.15, -0.1) is 0 Å². The Morgan fingerprint density at radius 1 is 1.14 bits per heavy atom. The van der Waals surface area contributed by atoms with E-state index in [1.54, 1.807) is 31.4 Å². The van der Waals surface area contributed by atoms with Gasteiger partial charge in [0.2, 0.25) is 0 Å². The highest BCUT2D eigenvalue weighted by Gasteiger charge is 2.12. The zero-order chi connectivity index (χ0) is 21.5. The fourth-order valence-electron chi connectivity index (χ4n) is 2.77. The average molecular weight is 408 g/mol. The van der Waals surface area contributed by atoms with Gasteiger partial charge in [-0.2, -0.15) is 0 Å². The molecule has 0 radical (unpaired) electrons. The van der Waals surface area contributed by atoms with E-state index in [0.717, 1.165) is 32.5 Å². The molecule has 1 atom stereocenters. The Hall–Kier alpha value is -2.12. The monoisotopic (exact) mass is 407 g/mol. The van der Waals surface area contributed by atoms with Crippen LogP contribution in [0, 0.1) is 0 Å². The molecule has 0 fully saturated rings. The second-order valence-electron chi connectivity index (χ2n) is 6.68. The molecule has 0 aliphatic rings. The highest BCUT2D eigenvalue weighted by molar-refractivity contribution is 6.04. The normalized spacial score (nSPS) is 12.7. The Labute approximate surface area is 175 Å². The summed E-state index contributed by atoms with van der Waals surface area (Å²) < 4.78 is 16.1. The van der Waals surface area contributed by atoms with Crippen molar-refractivity contribution in [3.63, 3.8) is 0 Å². The van der Waals surface area contributed by atoms with Gasteiger partial charge in [-0.05, 0) is 70.6 Å². The van der Waals surface area contributed by atoms with Gasteiger partial charge >= 0.3 is 0 Å². The number of carbonyl (C=O) groups excluding carboxylic acids is 1. The molecule has 1 rings (SSSR count). The topological polar surface area (TPSA) is 72.4 Å². The number of nitrogens with one attached hydrogen (secondary N) is 1. The van der Waals surface area contributed by atoms with Gasteiger partial charge in [-0.3, -0.25) is 10.1 Å². The van der Waals surface area contributed by atoms with Crippen LogP contribution in [0.3, 0.4) is 0 Å². The van der Waals surface area contributed by atoms with Crippen molar-refractivity contribution in [1.82, 2.24) is 10.2 Å². The summed E-state index contributed by atoms with van der Waals surface area (Å²) in [6.45, 7) is 12.9. The Kier molecular flexibility index (Phi) is 12.7. The van der Waals surface area contributed by atoms with Crippen LogP contribution >= 0.6 is 0 Å². The van der Waals surface area contributed by atoms with E-state index < -0.39 is 0 Å². The molecular weight excluding hydrogens is 370 g/mol. The maximum Gasteiger partial charge on any atom is 0.292 e. The van der Waals surface area contributed by atoms with Crippen LogP contribution in [-0.2, 0) is 9.47 Å². The van der Waals surface area contributed by atoms with Crippen LogP contribution in [0.15, 0.2) is 29.3 Å². The Morgan fingerprint density at radius 3 is 2.41 bits per heavy atom. The largest absolute Gasteiger partial charge is 0.497 e. The van der Waals surface area contributed by atoms with Gasteiger partial charge in [-0.25, -0.2) is 4.99 Å². The van der Waals surface area contributed by atoms with Crippen LogP contribution in [0.1, 0.15) is 50.9 Å². The number of aliphatic imine (C=N–C) groups is 1. The van der Waals surface area contributed by atoms with Crippen molar-refractivity contribution in [3.8, 4) is 5.75 Å². The number of hydrogen-bond donors (Lipinski definition) is 1. The number of amides is 1. The molecular formula is C22H37N3O4. The number of hydrogen-bond acceptors (Lipinski definition) is 6. The summed E-state index contributed by atoms with van der Waals surface area (Å²) in [6, 6.07) is 7.19. The zero-order valence-electron chi connectivity index (χ0n) is 18.6. The lowest BCUT2D eigenvalue weighted by atomic mass is 10.2. The minimum atomic E-state index is -0.266. The highest BCUT2D eigenvalue weighted by Crippen LogP contribution is 2.11. The lowest BCUT2D eigenvalue weighted by Gasteiger charge is -2.18. The van der Waals surface area contributed by atoms with E-state index in [2.05, 4.69) is 29.1 Å². The smallest absolute Gasteiger partial charge is 0.292 e. The van der Waals surface area contributed by atoms with E-state index in [1.165, 1.54) is 0 Å². The molecule has 1 N–H and O–H groups in total. The van der Waals surface area contributed by atoms with Gasteiger partial charge in [0.15, 0.2) is 0 Å². The minimum Gasteiger partial charge on any atom is -0.497 e. The van der Waals surface area contributed by atoms with Crippen molar-refractivity contribution in [2.75, 3.05) is 46.6 Å². The molecule has 0 spiro atoms. The van der Waals surface area contributed by atoms with Crippen molar-refractivity contribution < 1.29 is 19.0 Å². The molecule has 0 aliphatic carbocycles. The molecule has 164 valence electrons. The summed E-state index contributed by atoms with van der Waals surface area (Å²) in [5, 5.41) is 2.78. The quantitative estimate of drug-likeness (QED) is 0.308. The summed E-state index contributed by atoms with van der Waals surface area (Å²) in [5.74, 6) is 0.434. The zero-order valence-corrected chi connectivity index (χ0v) is 18.6. The molecule has 1 amide bonds. The molecule has 0 heterocycles. The average Bonchev–Trinajstić information content (AvgIpc) is 2.74. The first-order valence-electron chi connectivity index (χ1n) is 10.5. The van der Waals surface area contributed by atoms with Crippen LogP contribution in [0.5, 0.6) is 5.75 Å². The van der Waals surface area contributed by atoms with Crippen molar-refractivity contribution in [1.29, 1.82) is 0 Å². The fraction of sp³-hybridized carbons (Fsp3) is 0.636. The maximum atomic E-state index is 12.6. The van der Waals surface area contributed by atoms with Crippen LogP contribution in [0.2, 0.25) is 0 Å². The van der Waals surface area contributed by atoms with Gasteiger partial charge in [0.25, 0.3) is 11.9 Å². The first kappa shape index (κ1) is 24.9. The lowest BCUT2D eigenvalue weighted by molar-refractivity contribution is 0.0921. The SMILES string of the molecule is CCOCCOC(=N[C@H](C)CCCN(CC)CC)NC(=O)c1ccc(OC)cc1. The molecule has 0 saturated carbocycles. The van der Waals surface area contributed by atoms with E-state index in [9.17, 15) is 4.79 Å². The molecule has 1 aromatic rings. The first-order chi connectivity index (χ1) is 14.0. The third-order valence-corrected chi connectivity index (χ3v) is 4.57. The Morgan fingerprint density at radius 2 is 1.83 bits per heavy atom. The first-order valence-corrected chi connectivity index (χ1v) is 10.5. The van der Waals surface area contributed by atoms with E-state index >= 15 is 0 Å². The summed E-state index contributed by atoms with van der Waals surface area (Å²) >= 11 is 0. The van der Waals surface area contributed by atoms with Gasteiger partial charge < -0.3 is 19.1 Å². The predicted octanol–water partition coefficient (Wildman–Crippen LogP) is 3.34. The maximum absolute atomic E-state index is 12.6. The number of methoxy groups -OCH3 is 1. The number of amidine groups is 1. The van der Waals surface area contributed by atoms with Crippen molar-refractivity contribution in [2.45, 2.75) is 46.6 Å². The summed E-state index contributed by atoms with van der Waals surface area (Å²) in [4.78, 5) is 19.5. The number of rotatable bonds is 13. The van der Waals surface area contributed by atoms with Crippen LogP contribution in [0.25, 0.3) is 0 Å². The van der Waals surface area contributed by atoms with Crippen LogP contribution in [-0.4, -0.2) is 69.4 Å². The van der Waals surface area contributed by atoms with E-state index in [-0.39, 0.29) is 18.0 Å². The molecule has 0 aliphatic heterocycles. The molecule has 0 saturated heterocycles. The second-order valence-corrected chi connectivity index (χ2v) is 6.68. The van der Waals surface area contributed by atoms with Crippen LogP contribution < -0.4 is 10.1 Å². The number of benzene rings is 1. The number of nitrogens with zero attached hydrogens (tertiary/aromatic N) is 2. The predicted molar refractivity (Wildman–Crippen MR) is 117 cm³/mol. The molecule has 7 heteroatoms. The van der Waals surface area contributed by atoms with Gasteiger partial charge in [-0.1, -0.05) is 13.8 Å². The molecule has 29 heavy (non-hydrogen) atoms. The highest BCUT2D eigenvalue weighted by atomic mass is 16.5. The number of ether oxygens (including phenoxy) is 3.